The van der Waals surface area contributed by atoms with Gasteiger partial charge in [0.05, 0.1) is 0 Å². The molecule has 98 valence electrons. The molecule has 2 N–H and O–H groups in total. The fraction of sp³-hybridized carbons (Fsp3) is 0.286. The minimum Gasteiger partial charge on any atom is -0.361 e. The molecule has 0 saturated carbocycles. The zero-order chi connectivity index (χ0) is 13.1. The first-order chi connectivity index (χ1) is 9.31. The first-order valence-corrected chi connectivity index (χ1v) is 6.42. The minimum atomic E-state index is 0.853. The quantitative estimate of drug-likeness (QED) is 0.681. The molecule has 3 aromatic rings. The third-order valence-electron chi connectivity index (χ3n) is 3.12. The van der Waals surface area contributed by atoms with E-state index >= 15 is 0 Å². The fourth-order valence-electron chi connectivity index (χ4n) is 2.14. The van der Waals surface area contributed by atoms with E-state index in [0.29, 0.717) is 0 Å². The lowest BCUT2D eigenvalue weighted by atomic mass is 10.1. The Bertz CT molecular complexity index is 667. The van der Waals surface area contributed by atoms with Gasteiger partial charge in [-0.3, -0.25) is 4.68 Å². The maximum Gasteiger partial charge on any atom is 0.151 e. The third kappa shape index (κ3) is 2.82. The molecule has 0 spiro atoms. The highest BCUT2D eigenvalue weighted by Gasteiger charge is 1.99. The first-order valence-electron chi connectivity index (χ1n) is 6.42. The summed E-state index contributed by atoms with van der Waals surface area (Å²) in [4.78, 5) is 7.43. The number of fused-ring (bicyclic) bond motifs is 1. The summed E-state index contributed by atoms with van der Waals surface area (Å²) in [6, 6.07) is 8.56. The normalized spacial score (nSPS) is 11.2. The van der Waals surface area contributed by atoms with Crippen LogP contribution in [0.3, 0.4) is 0 Å². The Balaban J connectivity index is 1.51. The predicted molar refractivity (Wildman–Crippen MR) is 74.7 cm³/mol. The molecule has 3 rings (SSSR count). The number of aryl methyl sites for hydroxylation is 1. The highest BCUT2D eigenvalue weighted by atomic mass is 15.3. The Morgan fingerprint density at radius 1 is 1.32 bits per heavy atom. The molecule has 19 heavy (non-hydrogen) atoms. The van der Waals surface area contributed by atoms with Crippen molar-refractivity contribution < 1.29 is 0 Å². The maximum atomic E-state index is 4.25. The standard InChI is InChI=1S/C14H17N5/c1-19-10-17-14(18-19)5-6-15-9-11-2-3-12-4-7-16-13(12)8-11/h2-4,7-8,10,15-16H,5-6,9H2,1H3. The number of H-pyrrole nitrogens is 1. The summed E-state index contributed by atoms with van der Waals surface area (Å²) in [6.07, 6.45) is 4.55. The van der Waals surface area contributed by atoms with Crippen LogP contribution in [0.2, 0.25) is 0 Å². The molecule has 0 atom stereocenters. The van der Waals surface area contributed by atoms with Crippen LogP contribution in [-0.4, -0.2) is 26.3 Å². The Hall–Kier alpha value is -2.14. The molecule has 1 aromatic carbocycles. The van der Waals surface area contributed by atoms with Crippen LogP contribution in [0.4, 0.5) is 0 Å². The van der Waals surface area contributed by atoms with Gasteiger partial charge in [0.1, 0.15) is 6.33 Å². The molecule has 2 heterocycles. The molecule has 2 aromatic heterocycles. The van der Waals surface area contributed by atoms with Crippen molar-refractivity contribution in [2.45, 2.75) is 13.0 Å². The highest BCUT2D eigenvalue weighted by Crippen LogP contribution is 2.13. The van der Waals surface area contributed by atoms with Gasteiger partial charge in [0.25, 0.3) is 0 Å². The summed E-state index contributed by atoms with van der Waals surface area (Å²) >= 11 is 0. The number of aromatic amines is 1. The lowest BCUT2D eigenvalue weighted by Crippen LogP contribution is -2.17. The van der Waals surface area contributed by atoms with Crippen molar-refractivity contribution in [1.29, 1.82) is 0 Å². The summed E-state index contributed by atoms with van der Waals surface area (Å²) in [5, 5.41) is 8.91. The van der Waals surface area contributed by atoms with Gasteiger partial charge in [-0.25, -0.2) is 4.98 Å². The summed E-state index contributed by atoms with van der Waals surface area (Å²) in [7, 11) is 1.88. The van der Waals surface area contributed by atoms with Crippen LogP contribution in [0.5, 0.6) is 0 Å². The number of nitrogens with one attached hydrogen (secondary N) is 2. The summed E-state index contributed by atoms with van der Waals surface area (Å²) in [5.74, 6) is 0.884. The van der Waals surface area contributed by atoms with Gasteiger partial charge in [0.15, 0.2) is 5.82 Å². The molecular formula is C14H17N5. The van der Waals surface area contributed by atoms with E-state index in [1.165, 1.54) is 16.5 Å². The van der Waals surface area contributed by atoms with Gasteiger partial charge in [-0.15, -0.1) is 0 Å². The molecule has 5 heteroatoms. The van der Waals surface area contributed by atoms with Crippen LogP contribution >= 0.6 is 0 Å². The zero-order valence-corrected chi connectivity index (χ0v) is 10.9. The van der Waals surface area contributed by atoms with E-state index in [0.717, 1.165) is 25.3 Å². The van der Waals surface area contributed by atoms with Gasteiger partial charge in [-0.05, 0) is 23.1 Å². The molecule has 0 aliphatic heterocycles. The largest absolute Gasteiger partial charge is 0.361 e. The molecule has 0 unspecified atom stereocenters. The average Bonchev–Trinajstić information content (AvgIpc) is 3.03. The van der Waals surface area contributed by atoms with E-state index in [4.69, 9.17) is 0 Å². The van der Waals surface area contributed by atoms with E-state index in [2.05, 4.69) is 44.6 Å². The maximum absolute atomic E-state index is 4.25. The summed E-state index contributed by atoms with van der Waals surface area (Å²) < 4.78 is 1.73. The van der Waals surface area contributed by atoms with Crippen molar-refractivity contribution in [2.24, 2.45) is 7.05 Å². The van der Waals surface area contributed by atoms with Crippen LogP contribution in [0, 0.1) is 0 Å². The zero-order valence-electron chi connectivity index (χ0n) is 10.9. The number of hydrogen-bond acceptors (Lipinski definition) is 3. The summed E-state index contributed by atoms with van der Waals surface area (Å²) in [6.45, 7) is 1.74. The second-order valence-electron chi connectivity index (χ2n) is 4.66. The molecule has 0 saturated heterocycles. The van der Waals surface area contributed by atoms with Crippen molar-refractivity contribution in [3.05, 3.63) is 48.2 Å². The Kier molecular flexibility index (Phi) is 3.29. The number of hydrogen-bond donors (Lipinski definition) is 2. The monoisotopic (exact) mass is 255 g/mol. The third-order valence-corrected chi connectivity index (χ3v) is 3.12. The van der Waals surface area contributed by atoms with E-state index in [-0.39, 0.29) is 0 Å². The van der Waals surface area contributed by atoms with Crippen LogP contribution < -0.4 is 5.32 Å². The van der Waals surface area contributed by atoms with Crippen molar-refractivity contribution in [3.63, 3.8) is 0 Å². The Morgan fingerprint density at radius 2 is 2.26 bits per heavy atom. The van der Waals surface area contributed by atoms with Crippen LogP contribution in [0.15, 0.2) is 36.8 Å². The molecule has 0 bridgehead atoms. The topological polar surface area (TPSA) is 58.5 Å². The van der Waals surface area contributed by atoms with Crippen molar-refractivity contribution in [1.82, 2.24) is 25.1 Å². The van der Waals surface area contributed by atoms with Crippen molar-refractivity contribution in [2.75, 3.05) is 6.54 Å². The number of aromatic nitrogens is 4. The SMILES string of the molecule is Cn1cnc(CCNCc2ccc3cc[nH]c3c2)n1. The van der Waals surface area contributed by atoms with Gasteiger partial charge >= 0.3 is 0 Å². The fourth-order valence-corrected chi connectivity index (χ4v) is 2.14. The lowest BCUT2D eigenvalue weighted by Gasteiger charge is -2.03. The molecule has 5 nitrogen and oxygen atoms in total. The Morgan fingerprint density at radius 3 is 3.11 bits per heavy atom. The lowest BCUT2D eigenvalue weighted by molar-refractivity contribution is 0.661. The van der Waals surface area contributed by atoms with E-state index in [9.17, 15) is 0 Å². The average molecular weight is 255 g/mol. The molecule has 0 fully saturated rings. The van der Waals surface area contributed by atoms with Crippen LogP contribution in [0.25, 0.3) is 10.9 Å². The number of rotatable bonds is 5. The minimum absolute atomic E-state index is 0.853. The number of benzene rings is 1. The Labute approximate surface area is 111 Å². The second kappa shape index (κ2) is 5.24. The molecule has 0 aliphatic carbocycles. The van der Waals surface area contributed by atoms with Crippen LogP contribution in [0.1, 0.15) is 11.4 Å². The van der Waals surface area contributed by atoms with Gasteiger partial charge in [-0.1, -0.05) is 12.1 Å². The molecular weight excluding hydrogens is 238 g/mol. The van der Waals surface area contributed by atoms with Gasteiger partial charge in [-0.2, -0.15) is 5.10 Å². The van der Waals surface area contributed by atoms with E-state index in [1.807, 2.05) is 13.2 Å². The smallest absolute Gasteiger partial charge is 0.151 e. The van der Waals surface area contributed by atoms with Gasteiger partial charge in [0.2, 0.25) is 0 Å². The highest BCUT2D eigenvalue weighted by molar-refractivity contribution is 5.79. The van der Waals surface area contributed by atoms with Crippen molar-refractivity contribution in [3.8, 4) is 0 Å². The molecule has 0 aliphatic rings. The van der Waals surface area contributed by atoms with Crippen LogP contribution in [-0.2, 0) is 20.0 Å². The summed E-state index contributed by atoms with van der Waals surface area (Å²) in [5.41, 5.74) is 2.47. The predicted octanol–water partition coefficient (Wildman–Crippen LogP) is 1.63. The van der Waals surface area contributed by atoms with E-state index in [1.54, 1.807) is 11.0 Å². The van der Waals surface area contributed by atoms with Gasteiger partial charge < -0.3 is 10.3 Å². The first kappa shape index (κ1) is 11.9. The van der Waals surface area contributed by atoms with E-state index < -0.39 is 0 Å². The van der Waals surface area contributed by atoms with Gasteiger partial charge in [0, 0.05) is 38.3 Å². The second-order valence-corrected chi connectivity index (χ2v) is 4.66. The number of nitrogens with zero attached hydrogens (tertiary/aromatic N) is 3. The molecule has 0 amide bonds. The molecule has 0 radical (unpaired) electrons. The van der Waals surface area contributed by atoms with Crippen molar-refractivity contribution >= 4 is 10.9 Å².